The molecule has 1 aliphatic rings. The number of nitrogens with zero attached hydrogens (tertiary/aromatic N) is 2. The Hall–Kier alpha value is -2.89. The number of benzene rings is 1. The summed E-state index contributed by atoms with van der Waals surface area (Å²) >= 11 is 0. The van der Waals surface area contributed by atoms with Gasteiger partial charge in [0.15, 0.2) is 0 Å². The standard InChI is InChI=1S/C14H12N4O2/c1-18-13(19)10-4-2-8(6-11(10)14(18)20)17-9-3-5-12(15)16-7-9/h2-7,17H,1H3,(H2,15,16). The molecule has 6 nitrogen and oxygen atoms in total. The first kappa shape index (κ1) is 12.2. The number of hydrogen-bond donors (Lipinski definition) is 2. The monoisotopic (exact) mass is 268 g/mol. The first-order valence-corrected chi connectivity index (χ1v) is 6.01. The minimum Gasteiger partial charge on any atom is -0.384 e. The van der Waals surface area contributed by atoms with E-state index in [4.69, 9.17) is 5.73 Å². The van der Waals surface area contributed by atoms with Gasteiger partial charge in [0.2, 0.25) is 0 Å². The van der Waals surface area contributed by atoms with E-state index in [-0.39, 0.29) is 11.8 Å². The summed E-state index contributed by atoms with van der Waals surface area (Å²) in [7, 11) is 1.47. The summed E-state index contributed by atoms with van der Waals surface area (Å²) in [5.41, 5.74) is 7.82. The molecule has 1 aromatic heterocycles. The minimum atomic E-state index is -0.288. The summed E-state index contributed by atoms with van der Waals surface area (Å²) in [6.07, 6.45) is 1.60. The Morgan fingerprint density at radius 3 is 2.45 bits per heavy atom. The highest BCUT2D eigenvalue weighted by Gasteiger charge is 2.32. The lowest BCUT2D eigenvalue weighted by Crippen LogP contribution is -2.24. The SMILES string of the molecule is CN1C(=O)c2ccc(Nc3ccc(N)nc3)cc2C1=O. The van der Waals surface area contributed by atoms with E-state index in [0.29, 0.717) is 22.6 Å². The van der Waals surface area contributed by atoms with Crippen molar-refractivity contribution < 1.29 is 9.59 Å². The van der Waals surface area contributed by atoms with Gasteiger partial charge in [-0.05, 0) is 30.3 Å². The molecule has 0 atom stereocenters. The maximum atomic E-state index is 11.9. The maximum absolute atomic E-state index is 11.9. The number of nitrogen functional groups attached to an aromatic ring is 1. The van der Waals surface area contributed by atoms with Crippen molar-refractivity contribution in [2.75, 3.05) is 18.1 Å². The normalized spacial score (nSPS) is 13.6. The number of carbonyl (C=O) groups is 2. The lowest BCUT2D eigenvalue weighted by atomic mass is 10.1. The quantitative estimate of drug-likeness (QED) is 0.808. The van der Waals surface area contributed by atoms with Gasteiger partial charge in [-0.25, -0.2) is 4.98 Å². The largest absolute Gasteiger partial charge is 0.384 e. The predicted molar refractivity (Wildman–Crippen MR) is 74.8 cm³/mol. The van der Waals surface area contributed by atoms with Crippen molar-refractivity contribution in [1.29, 1.82) is 0 Å². The van der Waals surface area contributed by atoms with Crippen molar-refractivity contribution in [3.05, 3.63) is 47.7 Å². The van der Waals surface area contributed by atoms with Crippen molar-refractivity contribution in [3.8, 4) is 0 Å². The van der Waals surface area contributed by atoms with Crippen molar-refractivity contribution in [1.82, 2.24) is 9.88 Å². The molecule has 2 aromatic rings. The smallest absolute Gasteiger partial charge is 0.261 e. The summed E-state index contributed by atoms with van der Waals surface area (Å²) in [4.78, 5) is 28.8. The fraction of sp³-hybridized carbons (Fsp3) is 0.0714. The number of hydrogen-bond acceptors (Lipinski definition) is 5. The van der Waals surface area contributed by atoms with Crippen molar-refractivity contribution in [3.63, 3.8) is 0 Å². The number of nitrogens with two attached hydrogens (primary N) is 1. The summed E-state index contributed by atoms with van der Waals surface area (Å²) < 4.78 is 0. The highest BCUT2D eigenvalue weighted by atomic mass is 16.2. The van der Waals surface area contributed by atoms with E-state index in [2.05, 4.69) is 10.3 Å². The van der Waals surface area contributed by atoms with Crippen LogP contribution in [0.5, 0.6) is 0 Å². The molecule has 1 aliphatic heterocycles. The molecule has 2 heterocycles. The maximum Gasteiger partial charge on any atom is 0.261 e. The molecule has 0 unspecified atom stereocenters. The lowest BCUT2D eigenvalue weighted by Gasteiger charge is -2.07. The molecule has 3 rings (SSSR count). The molecule has 6 heteroatoms. The molecule has 20 heavy (non-hydrogen) atoms. The second-order valence-corrected chi connectivity index (χ2v) is 4.53. The topological polar surface area (TPSA) is 88.3 Å². The van der Waals surface area contributed by atoms with E-state index >= 15 is 0 Å². The van der Waals surface area contributed by atoms with E-state index in [0.717, 1.165) is 10.6 Å². The molecule has 3 N–H and O–H groups in total. The minimum absolute atomic E-state index is 0.272. The van der Waals surface area contributed by atoms with Crippen LogP contribution in [0.3, 0.4) is 0 Å². The van der Waals surface area contributed by atoms with Crippen molar-refractivity contribution in [2.24, 2.45) is 0 Å². The number of carbonyl (C=O) groups excluding carboxylic acids is 2. The second-order valence-electron chi connectivity index (χ2n) is 4.53. The summed E-state index contributed by atoms with van der Waals surface area (Å²) in [5.74, 6) is -0.123. The molecule has 0 aliphatic carbocycles. The van der Waals surface area contributed by atoms with Crippen LogP contribution in [0.2, 0.25) is 0 Å². The Morgan fingerprint density at radius 2 is 1.75 bits per heavy atom. The van der Waals surface area contributed by atoms with E-state index in [1.807, 2.05) is 0 Å². The Kier molecular flexibility index (Phi) is 2.64. The van der Waals surface area contributed by atoms with Crippen LogP contribution < -0.4 is 11.1 Å². The summed E-state index contributed by atoms with van der Waals surface area (Å²) in [6, 6.07) is 8.52. The molecule has 0 fully saturated rings. The molecule has 0 radical (unpaired) electrons. The number of amides is 2. The van der Waals surface area contributed by atoms with Gasteiger partial charge in [-0.1, -0.05) is 0 Å². The number of aromatic nitrogens is 1. The van der Waals surface area contributed by atoms with Gasteiger partial charge in [0.25, 0.3) is 11.8 Å². The van der Waals surface area contributed by atoms with Gasteiger partial charge in [-0.15, -0.1) is 0 Å². The molecular formula is C14H12N4O2. The van der Waals surface area contributed by atoms with E-state index < -0.39 is 0 Å². The number of rotatable bonds is 2. The molecule has 0 spiro atoms. The average molecular weight is 268 g/mol. The van der Waals surface area contributed by atoms with Crippen LogP contribution in [0.1, 0.15) is 20.7 Å². The van der Waals surface area contributed by atoms with Crippen LogP contribution in [-0.2, 0) is 0 Å². The Bertz CT molecular complexity index is 710. The zero-order chi connectivity index (χ0) is 14.3. The fourth-order valence-electron chi connectivity index (χ4n) is 2.08. The molecule has 1 aromatic carbocycles. The number of pyridine rings is 1. The third kappa shape index (κ3) is 1.87. The van der Waals surface area contributed by atoms with Gasteiger partial charge in [0.05, 0.1) is 23.0 Å². The fourth-order valence-corrected chi connectivity index (χ4v) is 2.08. The molecule has 2 amide bonds. The van der Waals surface area contributed by atoms with E-state index in [1.165, 1.54) is 7.05 Å². The molecule has 100 valence electrons. The summed E-state index contributed by atoms with van der Waals surface area (Å²) in [6.45, 7) is 0. The second kappa shape index (κ2) is 4.34. The third-order valence-electron chi connectivity index (χ3n) is 3.16. The van der Waals surface area contributed by atoms with E-state index in [1.54, 1.807) is 36.5 Å². The first-order chi connectivity index (χ1) is 9.56. The Labute approximate surface area is 115 Å². The summed E-state index contributed by atoms with van der Waals surface area (Å²) in [5, 5.41) is 3.11. The number of fused-ring (bicyclic) bond motifs is 1. The average Bonchev–Trinajstić information content (AvgIpc) is 2.66. The Morgan fingerprint density at radius 1 is 1.05 bits per heavy atom. The highest BCUT2D eigenvalue weighted by Crippen LogP contribution is 2.26. The third-order valence-corrected chi connectivity index (χ3v) is 3.16. The van der Waals surface area contributed by atoms with Gasteiger partial charge >= 0.3 is 0 Å². The van der Waals surface area contributed by atoms with Gasteiger partial charge < -0.3 is 11.1 Å². The van der Waals surface area contributed by atoms with Crippen molar-refractivity contribution in [2.45, 2.75) is 0 Å². The van der Waals surface area contributed by atoms with Crippen LogP contribution in [0.4, 0.5) is 17.2 Å². The molecule has 0 saturated heterocycles. The zero-order valence-electron chi connectivity index (χ0n) is 10.8. The van der Waals surface area contributed by atoms with Crippen LogP contribution in [0, 0.1) is 0 Å². The van der Waals surface area contributed by atoms with E-state index in [9.17, 15) is 9.59 Å². The first-order valence-electron chi connectivity index (χ1n) is 6.01. The predicted octanol–water partition coefficient (Wildman–Crippen LogP) is 1.63. The zero-order valence-corrected chi connectivity index (χ0v) is 10.8. The molecule has 0 bridgehead atoms. The number of nitrogens with one attached hydrogen (secondary N) is 1. The molecule has 0 saturated carbocycles. The van der Waals surface area contributed by atoms with Gasteiger partial charge in [0.1, 0.15) is 5.82 Å². The number of anilines is 3. The van der Waals surface area contributed by atoms with Crippen LogP contribution in [0.25, 0.3) is 0 Å². The lowest BCUT2D eigenvalue weighted by molar-refractivity contribution is 0.0693. The van der Waals surface area contributed by atoms with Crippen LogP contribution >= 0.6 is 0 Å². The highest BCUT2D eigenvalue weighted by molar-refractivity contribution is 6.21. The van der Waals surface area contributed by atoms with Crippen LogP contribution in [0.15, 0.2) is 36.5 Å². The van der Waals surface area contributed by atoms with Crippen LogP contribution in [-0.4, -0.2) is 28.7 Å². The molecular weight excluding hydrogens is 256 g/mol. The number of imide groups is 1. The van der Waals surface area contributed by atoms with Crippen molar-refractivity contribution >= 4 is 29.0 Å². The van der Waals surface area contributed by atoms with Gasteiger partial charge in [0, 0.05) is 12.7 Å². The van der Waals surface area contributed by atoms with Gasteiger partial charge in [-0.2, -0.15) is 0 Å². The Balaban J connectivity index is 1.92. The van der Waals surface area contributed by atoms with Gasteiger partial charge in [-0.3, -0.25) is 14.5 Å².